The first kappa shape index (κ1) is 12.0. The third-order valence-electron chi connectivity index (χ3n) is 2.64. The summed E-state index contributed by atoms with van der Waals surface area (Å²) in [5.74, 6) is 0.769. The van der Waals surface area contributed by atoms with Gasteiger partial charge in [-0.2, -0.15) is 5.26 Å². The van der Waals surface area contributed by atoms with Gasteiger partial charge < -0.3 is 5.32 Å². The fraction of sp³-hybridized carbons (Fsp3) is 0.214. The first-order chi connectivity index (χ1) is 8.33. The second-order valence-electron chi connectivity index (χ2n) is 3.79. The average molecular weight is 242 g/mol. The van der Waals surface area contributed by atoms with Gasteiger partial charge in [0.05, 0.1) is 6.07 Å². The molecular weight excluding hydrogens is 228 g/mol. The van der Waals surface area contributed by atoms with Crippen LogP contribution in [0.3, 0.4) is 0 Å². The summed E-state index contributed by atoms with van der Waals surface area (Å²) in [7, 11) is 1.81. The summed E-state index contributed by atoms with van der Waals surface area (Å²) < 4.78 is 0. The summed E-state index contributed by atoms with van der Waals surface area (Å²) in [4.78, 5) is 1.21. The van der Waals surface area contributed by atoms with Crippen molar-refractivity contribution in [1.82, 2.24) is 5.32 Å². The Bertz CT molecular complexity index is 545. The molecule has 0 aliphatic carbocycles. The van der Waals surface area contributed by atoms with Gasteiger partial charge in [-0.3, -0.25) is 0 Å². The molecule has 1 N–H and O–H groups in total. The monoisotopic (exact) mass is 242 g/mol. The first-order valence-corrected chi connectivity index (χ1v) is 6.50. The Morgan fingerprint density at radius 3 is 2.71 bits per heavy atom. The third kappa shape index (κ3) is 3.00. The Morgan fingerprint density at radius 2 is 2.00 bits per heavy atom. The molecule has 0 aliphatic heterocycles. The predicted octanol–water partition coefficient (Wildman–Crippen LogP) is 3.04. The van der Waals surface area contributed by atoms with E-state index in [9.17, 15) is 0 Å². The van der Waals surface area contributed by atoms with Crippen molar-refractivity contribution in [3.63, 3.8) is 0 Å². The predicted molar refractivity (Wildman–Crippen MR) is 73.1 cm³/mol. The van der Waals surface area contributed by atoms with Crippen molar-refractivity contribution in [2.75, 3.05) is 12.8 Å². The van der Waals surface area contributed by atoms with Gasteiger partial charge in [0.25, 0.3) is 0 Å². The summed E-state index contributed by atoms with van der Waals surface area (Å²) >= 11 is 1.71. The molecule has 0 heterocycles. The van der Waals surface area contributed by atoms with E-state index in [4.69, 9.17) is 5.26 Å². The quantitative estimate of drug-likeness (QED) is 0.837. The van der Waals surface area contributed by atoms with Crippen LogP contribution in [0.1, 0.15) is 0 Å². The van der Waals surface area contributed by atoms with E-state index < -0.39 is 0 Å². The number of rotatable bonds is 4. The molecule has 86 valence electrons. The Kier molecular flexibility index (Phi) is 4.03. The molecule has 2 nitrogen and oxygen atoms in total. The number of benzene rings is 2. The lowest BCUT2D eigenvalue weighted by Gasteiger charge is -2.07. The summed E-state index contributed by atoms with van der Waals surface area (Å²) in [6, 6.07) is 16.8. The van der Waals surface area contributed by atoms with E-state index >= 15 is 0 Å². The van der Waals surface area contributed by atoms with Crippen molar-refractivity contribution in [2.45, 2.75) is 10.9 Å². The second kappa shape index (κ2) is 5.72. The number of nitriles is 1. The maximum absolute atomic E-state index is 8.85. The number of fused-ring (bicyclic) bond motifs is 1. The average Bonchev–Trinajstić information content (AvgIpc) is 2.40. The molecule has 1 atom stereocenters. The van der Waals surface area contributed by atoms with Crippen LogP contribution in [-0.4, -0.2) is 18.8 Å². The van der Waals surface area contributed by atoms with Crippen molar-refractivity contribution in [3.8, 4) is 6.07 Å². The van der Waals surface area contributed by atoms with Crippen molar-refractivity contribution in [1.29, 1.82) is 5.26 Å². The van der Waals surface area contributed by atoms with E-state index in [0.717, 1.165) is 5.75 Å². The molecule has 0 amide bonds. The fourth-order valence-corrected chi connectivity index (χ4v) is 2.60. The maximum Gasteiger partial charge on any atom is 0.104 e. The summed E-state index contributed by atoms with van der Waals surface area (Å²) in [6.45, 7) is 0. The number of thioether (sulfide) groups is 1. The minimum atomic E-state index is -0.0912. The van der Waals surface area contributed by atoms with Gasteiger partial charge in [-0.25, -0.2) is 0 Å². The SMILES string of the molecule is CNC(C#N)CSc1ccc2ccccc2c1. The topological polar surface area (TPSA) is 35.8 Å². The standard InChI is InChI=1S/C14H14N2S/c1-16-13(9-15)10-17-14-7-6-11-4-2-3-5-12(11)8-14/h2-8,13,16H,10H2,1H3. The lowest BCUT2D eigenvalue weighted by molar-refractivity contribution is 0.750. The van der Waals surface area contributed by atoms with Crippen molar-refractivity contribution in [3.05, 3.63) is 42.5 Å². The highest BCUT2D eigenvalue weighted by atomic mass is 32.2. The maximum atomic E-state index is 8.85. The van der Waals surface area contributed by atoms with Crippen LogP contribution >= 0.6 is 11.8 Å². The lowest BCUT2D eigenvalue weighted by atomic mass is 10.1. The Hall–Kier alpha value is -1.50. The summed E-state index contributed by atoms with van der Waals surface area (Å²) in [5, 5.41) is 14.3. The normalized spacial score (nSPS) is 12.2. The molecule has 1 unspecified atom stereocenters. The molecule has 0 saturated heterocycles. The molecule has 0 aliphatic rings. The van der Waals surface area contributed by atoms with Crippen LogP contribution < -0.4 is 5.32 Å². The molecule has 0 spiro atoms. The fourth-order valence-electron chi connectivity index (χ4n) is 1.62. The van der Waals surface area contributed by atoms with Gasteiger partial charge >= 0.3 is 0 Å². The van der Waals surface area contributed by atoms with Crippen LogP contribution in [0.4, 0.5) is 0 Å². The minimum absolute atomic E-state index is 0.0912. The molecule has 17 heavy (non-hydrogen) atoms. The molecule has 2 aromatic carbocycles. The Morgan fingerprint density at radius 1 is 1.24 bits per heavy atom. The zero-order chi connectivity index (χ0) is 12.1. The van der Waals surface area contributed by atoms with E-state index in [1.54, 1.807) is 11.8 Å². The zero-order valence-electron chi connectivity index (χ0n) is 9.68. The van der Waals surface area contributed by atoms with Gasteiger partial charge in [-0.05, 0) is 30.0 Å². The highest BCUT2D eigenvalue weighted by Crippen LogP contribution is 2.23. The molecular formula is C14H14N2S. The number of nitrogens with zero attached hydrogens (tertiary/aromatic N) is 1. The highest BCUT2D eigenvalue weighted by molar-refractivity contribution is 7.99. The van der Waals surface area contributed by atoms with Gasteiger partial charge in [0, 0.05) is 10.6 Å². The number of hydrogen-bond acceptors (Lipinski definition) is 3. The smallest absolute Gasteiger partial charge is 0.104 e. The minimum Gasteiger partial charge on any atom is -0.304 e. The molecule has 2 rings (SSSR count). The number of hydrogen-bond donors (Lipinski definition) is 1. The molecule has 0 fully saturated rings. The highest BCUT2D eigenvalue weighted by Gasteiger charge is 2.04. The van der Waals surface area contributed by atoms with Gasteiger partial charge in [0.15, 0.2) is 0 Å². The third-order valence-corrected chi connectivity index (χ3v) is 3.73. The number of nitrogens with one attached hydrogen (secondary N) is 1. The summed E-state index contributed by atoms with van der Waals surface area (Å²) in [5.41, 5.74) is 0. The molecule has 0 aromatic heterocycles. The van der Waals surface area contributed by atoms with Gasteiger partial charge in [-0.1, -0.05) is 30.3 Å². The van der Waals surface area contributed by atoms with E-state index in [1.165, 1.54) is 15.7 Å². The van der Waals surface area contributed by atoms with Crippen LogP contribution in [0.25, 0.3) is 10.8 Å². The molecule has 0 saturated carbocycles. The molecule has 2 aromatic rings. The largest absolute Gasteiger partial charge is 0.304 e. The van der Waals surface area contributed by atoms with Crippen molar-refractivity contribution < 1.29 is 0 Å². The van der Waals surface area contributed by atoms with Crippen LogP contribution in [-0.2, 0) is 0 Å². The Balaban J connectivity index is 2.12. The van der Waals surface area contributed by atoms with Crippen LogP contribution in [0.2, 0.25) is 0 Å². The van der Waals surface area contributed by atoms with E-state index in [-0.39, 0.29) is 6.04 Å². The lowest BCUT2D eigenvalue weighted by Crippen LogP contribution is -2.25. The van der Waals surface area contributed by atoms with Crippen molar-refractivity contribution >= 4 is 22.5 Å². The van der Waals surface area contributed by atoms with Gasteiger partial charge in [0.2, 0.25) is 0 Å². The van der Waals surface area contributed by atoms with E-state index in [2.05, 4.69) is 41.7 Å². The molecule has 0 bridgehead atoms. The van der Waals surface area contributed by atoms with Crippen LogP contribution in [0.15, 0.2) is 47.4 Å². The molecule has 3 heteroatoms. The molecule has 0 radical (unpaired) electrons. The summed E-state index contributed by atoms with van der Waals surface area (Å²) in [6.07, 6.45) is 0. The first-order valence-electron chi connectivity index (χ1n) is 5.52. The van der Waals surface area contributed by atoms with Crippen LogP contribution in [0.5, 0.6) is 0 Å². The van der Waals surface area contributed by atoms with E-state index in [1.807, 2.05) is 19.2 Å². The Labute approximate surface area is 106 Å². The van der Waals surface area contributed by atoms with Crippen LogP contribution in [0, 0.1) is 11.3 Å². The van der Waals surface area contributed by atoms with Gasteiger partial charge in [0.1, 0.15) is 6.04 Å². The van der Waals surface area contributed by atoms with Gasteiger partial charge in [-0.15, -0.1) is 11.8 Å². The van der Waals surface area contributed by atoms with Crippen molar-refractivity contribution in [2.24, 2.45) is 0 Å². The second-order valence-corrected chi connectivity index (χ2v) is 4.88. The zero-order valence-corrected chi connectivity index (χ0v) is 10.5. The van der Waals surface area contributed by atoms with E-state index in [0.29, 0.717) is 0 Å².